The Morgan fingerprint density at radius 2 is 2.00 bits per heavy atom. The molecule has 9 heteroatoms. The maximum Gasteiger partial charge on any atom is 0.251 e. The minimum absolute atomic E-state index is 0.0588. The molecule has 2 aromatic carbocycles. The molecule has 3 aromatic rings. The van der Waals surface area contributed by atoms with E-state index in [-0.39, 0.29) is 24.6 Å². The number of ether oxygens (including phenoxy) is 1. The number of nitrogens with zero attached hydrogens (tertiary/aromatic N) is 2. The lowest BCUT2D eigenvalue weighted by Crippen LogP contribution is -2.24. The number of benzene rings is 2. The molecular formula is C21H18ClFN4O3. The minimum Gasteiger partial charge on any atom is -0.378 e. The Hall–Kier alpha value is -3.23. The van der Waals surface area contributed by atoms with Gasteiger partial charge in [-0.1, -0.05) is 35.9 Å². The van der Waals surface area contributed by atoms with E-state index in [0.717, 1.165) is 5.56 Å². The molecule has 0 aliphatic carbocycles. The van der Waals surface area contributed by atoms with E-state index in [4.69, 9.17) is 16.3 Å². The largest absolute Gasteiger partial charge is 0.378 e. The zero-order valence-electron chi connectivity index (χ0n) is 16.0. The number of nitrogens with one attached hydrogen (secondary N) is 2. The molecule has 0 spiro atoms. The fourth-order valence-corrected chi connectivity index (χ4v) is 3.54. The second kappa shape index (κ2) is 8.25. The highest BCUT2D eigenvalue weighted by atomic mass is 35.5. The number of hydrogen-bond acceptors (Lipinski definition) is 4. The maximum absolute atomic E-state index is 13.8. The van der Waals surface area contributed by atoms with E-state index in [1.54, 1.807) is 25.3 Å². The lowest BCUT2D eigenvalue weighted by Gasteiger charge is -2.10. The number of carbonyl (C=O) groups excluding carboxylic acids is 2. The van der Waals surface area contributed by atoms with Crippen molar-refractivity contribution in [3.8, 4) is 11.1 Å². The molecule has 1 atom stereocenters. The van der Waals surface area contributed by atoms with Gasteiger partial charge in [-0.15, -0.1) is 0 Å². The second-order valence-electron chi connectivity index (χ2n) is 6.79. The predicted octanol–water partition coefficient (Wildman–Crippen LogP) is 4.01. The molecule has 1 aliphatic rings. The van der Waals surface area contributed by atoms with Gasteiger partial charge in [-0.3, -0.25) is 9.59 Å². The Kier molecular flexibility index (Phi) is 5.52. The fourth-order valence-electron chi connectivity index (χ4n) is 3.41. The first-order valence-electron chi connectivity index (χ1n) is 9.19. The first kappa shape index (κ1) is 20.1. The Balaban J connectivity index is 1.63. The SMILES string of the molecule is COCc1nn2c(c1-c1ccc(Cl)cc1)NC(=O)C2CC(=O)Nc1ccccc1F. The van der Waals surface area contributed by atoms with Gasteiger partial charge in [0.1, 0.15) is 17.7 Å². The Morgan fingerprint density at radius 3 is 2.70 bits per heavy atom. The summed E-state index contributed by atoms with van der Waals surface area (Å²) in [5.74, 6) is -0.919. The van der Waals surface area contributed by atoms with Crippen LogP contribution in [0, 0.1) is 5.82 Å². The first-order valence-corrected chi connectivity index (χ1v) is 9.57. The van der Waals surface area contributed by atoms with Gasteiger partial charge in [0, 0.05) is 17.7 Å². The number of carbonyl (C=O) groups is 2. The van der Waals surface area contributed by atoms with Crippen LogP contribution >= 0.6 is 11.6 Å². The zero-order chi connectivity index (χ0) is 21.3. The lowest BCUT2D eigenvalue weighted by atomic mass is 10.1. The van der Waals surface area contributed by atoms with Crippen molar-refractivity contribution in [2.24, 2.45) is 0 Å². The summed E-state index contributed by atoms with van der Waals surface area (Å²) < 4.78 is 20.5. The van der Waals surface area contributed by atoms with Gasteiger partial charge in [-0.2, -0.15) is 5.10 Å². The molecule has 4 rings (SSSR count). The van der Waals surface area contributed by atoms with Gasteiger partial charge in [-0.05, 0) is 29.8 Å². The Labute approximate surface area is 176 Å². The van der Waals surface area contributed by atoms with E-state index in [1.807, 2.05) is 12.1 Å². The summed E-state index contributed by atoms with van der Waals surface area (Å²) >= 11 is 5.99. The summed E-state index contributed by atoms with van der Waals surface area (Å²) in [5.41, 5.74) is 2.20. The van der Waals surface area contributed by atoms with Crippen LogP contribution in [0.3, 0.4) is 0 Å². The van der Waals surface area contributed by atoms with Crippen molar-refractivity contribution in [3.63, 3.8) is 0 Å². The molecule has 0 radical (unpaired) electrons. The van der Waals surface area contributed by atoms with Crippen LogP contribution in [-0.4, -0.2) is 28.7 Å². The predicted molar refractivity (Wildman–Crippen MR) is 111 cm³/mol. The third kappa shape index (κ3) is 3.79. The number of rotatable bonds is 6. The summed E-state index contributed by atoms with van der Waals surface area (Å²) in [5, 5.41) is 10.4. The molecule has 7 nitrogen and oxygen atoms in total. The molecule has 1 unspecified atom stereocenters. The first-order chi connectivity index (χ1) is 14.5. The van der Waals surface area contributed by atoms with Crippen LogP contribution in [0.4, 0.5) is 15.9 Å². The molecular weight excluding hydrogens is 411 g/mol. The monoisotopic (exact) mass is 428 g/mol. The molecule has 154 valence electrons. The number of hydrogen-bond donors (Lipinski definition) is 2. The highest BCUT2D eigenvalue weighted by molar-refractivity contribution is 6.30. The second-order valence-corrected chi connectivity index (χ2v) is 7.23. The molecule has 2 N–H and O–H groups in total. The lowest BCUT2D eigenvalue weighted by molar-refractivity contribution is -0.123. The topological polar surface area (TPSA) is 85.2 Å². The summed E-state index contributed by atoms with van der Waals surface area (Å²) in [6.45, 7) is 0.224. The van der Waals surface area contributed by atoms with Crippen molar-refractivity contribution in [2.45, 2.75) is 19.1 Å². The van der Waals surface area contributed by atoms with Crippen LogP contribution in [0.15, 0.2) is 48.5 Å². The van der Waals surface area contributed by atoms with Crippen LogP contribution in [0.1, 0.15) is 18.2 Å². The van der Waals surface area contributed by atoms with Crippen molar-refractivity contribution >= 4 is 34.9 Å². The van der Waals surface area contributed by atoms with Crippen LogP contribution in [0.25, 0.3) is 11.1 Å². The summed E-state index contributed by atoms with van der Waals surface area (Å²) in [6, 6.07) is 12.1. The highest BCUT2D eigenvalue weighted by Gasteiger charge is 2.37. The maximum atomic E-state index is 13.8. The minimum atomic E-state index is -0.858. The average molecular weight is 429 g/mol. The smallest absolute Gasteiger partial charge is 0.251 e. The van der Waals surface area contributed by atoms with Crippen LogP contribution < -0.4 is 10.6 Å². The molecule has 0 saturated carbocycles. The number of methoxy groups -OCH3 is 1. The van der Waals surface area contributed by atoms with Crippen LogP contribution in [-0.2, 0) is 20.9 Å². The molecule has 1 aromatic heterocycles. The molecule has 30 heavy (non-hydrogen) atoms. The average Bonchev–Trinajstić information content (AvgIpc) is 3.20. The molecule has 0 fully saturated rings. The Bertz CT molecular complexity index is 1110. The van der Waals surface area contributed by atoms with Gasteiger partial charge in [0.05, 0.1) is 24.4 Å². The highest BCUT2D eigenvalue weighted by Crippen LogP contribution is 2.39. The van der Waals surface area contributed by atoms with E-state index in [0.29, 0.717) is 22.1 Å². The standard InChI is InChI=1S/C21H18ClFN4O3/c1-30-11-16-19(12-6-8-13(22)9-7-12)20-25-21(29)17(27(20)26-16)10-18(28)24-15-5-3-2-4-14(15)23/h2-9,17H,10-11H2,1H3,(H,24,28)(H,25,29). The number of fused-ring (bicyclic) bond motifs is 1. The van der Waals surface area contributed by atoms with Crippen LogP contribution in [0.2, 0.25) is 5.02 Å². The molecule has 1 aliphatic heterocycles. The summed E-state index contributed by atoms with van der Waals surface area (Å²) in [4.78, 5) is 25.0. The molecule has 2 amide bonds. The molecule has 0 bridgehead atoms. The zero-order valence-corrected chi connectivity index (χ0v) is 16.7. The van der Waals surface area contributed by atoms with E-state index in [9.17, 15) is 14.0 Å². The van der Waals surface area contributed by atoms with Crippen molar-refractivity contribution < 1.29 is 18.7 Å². The van der Waals surface area contributed by atoms with E-state index >= 15 is 0 Å². The number of anilines is 2. The van der Waals surface area contributed by atoms with Crippen molar-refractivity contribution in [1.29, 1.82) is 0 Å². The number of para-hydroxylation sites is 1. The molecule has 0 saturated heterocycles. The third-order valence-electron chi connectivity index (χ3n) is 4.76. The number of halogens is 2. The van der Waals surface area contributed by atoms with Gasteiger partial charge in [0.25, 0.3) is 5.91 Å². The van der Waals surface area contributed by atoms with Crippen molar-refractivity contribution in [2.75, 3.05) is 17.7 Å². The summed E-state index contributed by atoms with van der Waals surface area (Å²) in [6.07, 6.45) is -0.193. The van der Waals surface area contributed by atoms with Crippen LogP contribution in [0.5, 0.6) is 0 Å². The number of aromatic nitrogens is 2. The van der Waals surface area contributed by atoms with Gasteiger partial charge < -0.3 is 15.4 Å². The summed E-state index contributed by atoms with van der Waals surface area (Å²) in [7, 11) is 1.55. The van der Waals surface area contributed by atoms with Gasteiger partial charge in [0.2, 0.25) is 5.91 Å². The van der Waals surface area contributed by atoms with Gasteiger partial charge >= 0.3 is 0 Å². The van der Waals surface area contributed by atoms with E-state index in [2.05, 4.69) is 15.7 Å². The fraction of sp³-hybridized carbons (Fsp3) is 0.190. The third-order valence-corrected chi connectivity index (χ3v) is 5.02. The van der Waals surface area contributed by atoms with Gasteiger partial charge in [0.15, 0.2) is 0 Å². The van der Waals surface area contributed by atoms with Crippen molar-refractivity contribution in [1.82, 2.24) is 9.78 Å². The van der Waals surface area contributed by atoms with Crippen molar-refractivity contribution in [3.05, 3.63) is 65.1 Å². The number of amides is 2. The normalized spacial score (nSPS) is 15.0. The van der Waals surface area contributed by atoms with Gasteiger partial charge in [-0.25, -0.2) is 9.07 Å². The quantitative estimate of drug-likeness (QED) is 0.621. The Morgan fingerprint density at radius 1 is 1.27 bits per heavy atom. The molecule has 2 heterocycles. The van der Waals surface area contributed by atoms with E-state index < -0.39 is 17.8 Å². The van der Waals surface area contributed by atoms with E-state index in [1.165, 1.54) is 22.9 Å².